The molecule has 0 saturated heterocycles. The van der Waals surface area contributed by atoms with Gasteiger partial charge in [0, 0.05) is 18.2 Å². The molecule has 2 aromatic rings. The van der Waals surface area contributed by atoms with E-state index in [-0.39, 0.29) is 18.8 Å². The first-order valence-electron chi connectivity index (χ1n) is 10.1. The highest BCUT2D eigenvalue weighted by molar-refractivity contribution is 5.91. The van der Waals surface area contributed by atoms with E-state index in [4.69, 9.17) is 0 Å². The van der Waals surface area contributed by atoms with Gasteiger partial charge in [-0.1, -0.05) is 19.8 Å². The zero-order valence-electron chi connectivity index (χ0n) is 17.5. The lowest BCUT2D eigenvalue weighted by atomic mass is 9.82. The highest BCUT2D eigenvalue weighted by Gasteiger charge is 2.44. The Morgan fingerprint density at radius 3 is 1.91 bits per heavy atom. The Hall–Kier alpha value is -3.05. The van der Waals surface area contributed by atoms with Crippen LogP contribution in [0.25, 0.3) is 0 Å². The summed E-state index contributed by atoms with van der Waals surface area (Å²) in [5.74, 6) is -10.0. The van der Waals surface area contributed by atoms with E-state index in [1.807, 2.05) is 6.92 Å². The van der Waals surface area contributed by atoms with E-state index in [1.54, 1.807) is 0 Å². The summed E-state index contributed by atoms with van der Waals surface area (Å²) in [5.41, 5.74) is -1.29. The molecule has 34 heavy (non-hydrogen) atoms. The molecule has 0 spiro atoms. The van der Waals surface area contributed by atoms with E-state index in [0.29, 0.717) is 43.2 Å². The molecule has 1 aliphatic rings. The fourth-order valence-corrected chi connectivity index (χ4v) is 3.55. The summed E-state index contributed by atoms with van der Waals surface area (Å²) in [5, 5.41) is 0. The topological polar surface area (TPSA) is 44.8 Å². The van der Waals surface area contributed by atoms with Gasteiger partial charge in [0.25, 0.3) is 0 Å². The highest BCUT2D eigenvalue weighted by atomic mass is 19.4. The fourth-order valence-electron chi connectivity index (χ4n) is 3.55. The average Bonchev–Trinajstić information content (AvgIpc) is 2.68. The molecule has 1 fully saturated rings. The minimum absolute atomic E-state index is 0.174. The summed E-state index contributed by atoms with van der Waals surface area (Å²) in [6.45, 7) is 1.93. The third-order valence-corrected chi connectivity index (χ3v) is 5.30. The van der Waals surface area contributed by atoms with E-state index in [0.717, 1.165) is 0 Å². The number of alkyl halides is 5. The van der Waals surface area contributed by atoms with E-state index >= 15 is 0 Å². The first-order chi connectivity index (χ1) is 15.7. The van der Waals surface area contributed by atoms with Crippen LogP contribution in [-0.4, -0.2) is 18.4 Å². The van der Waals surface area contributed by atoms with Crippen molar-refractivity contribution in [1.29, 1.82) is 0 Å². The maximum atomic E-state index is 14.4. The Bertz CT molecular complexity index is 1020. The molecule has 3 rings (SSSR count). The van der Waals surface area contributed by atoms with Crippen molar-refractivity contribution in [2.45, 2.75) is 45.1 Å². The number of hydrogen-bond donors (Lipinski definition) is 0. The number of carbonyl (C=O) groups excluding carboxylic acids is 1. The number of rotatable bonds is 6. The highest BCUT2D eigenvalue weighted by Crippen LogP contribution is 2.40. The molecule has 2 aromatic carbocycles. The molecule has 0 aromatic heterocycles. The van der Waals surface area contributed by atoms with E-state index in [2.05, 4.69) is 14.2 Å². The molecule has 12 heteroatoms. The van der Waals surface area contributed by atoms with Crippen molar-refractivity contribution in [3.8, 4) is 17.2 Å². The first-order valence-corrected chi connectivity index (χ1v) is 10.1. The third kappa shape index (κ3) is 6.29. The molecular weight excluding hydrogens is 480 g/mol. The summed E-state index contributed by atoms with van der Waals surface area (Å²) in [6.07, 6.45) is -7.41. The number of halogens is 8. The second-order valence-electron chi connectivity index (χ2n) is 7.91. The monoisotopic (exact) mass is 498 g/mol. The lowest BCUT2D eigenvalue weighted by molar-refractivity contribution is -0.275. The van der Waals surface area contributed by atoms with Crippen molar-refractivity contribution in [2.75, 3.05) is 0 Å². The van der Waals surface area contributed by atoms with E-state index in [9.17, 15) is 39.9 Å². The van der Waals surface area contributed by atoms with Gasteiger partial charge in [0.2, 0.25) is 0 Å². The fraction of sp³-hybridized carbons (Fsp3) is 0.409. The predicted molar refractivity (Wildman–Crippen MR) is 101 cm³/mol. The molecule has 4 nitrogen and oxygen atoms in total. The van der Waals surface area contributed by atoms with Gasteiger partial charge in [0.1, 0.15) is 28.7 Å². The van der Waals surface area contributed by atoms with Crippen molar-refractivity contribution >= 4 is 5.97 Å². The third-order valence-electron chi connectivity index (χ3n) is 5.30. The lowest BCUT2D eigenvalue weighted by Gasteiger charge is -2.32. The maximum Gasteiger partial charge on any atom is 0.573 e. The Labute approximate surface area is 188 Å². The SMILES string of the molecule is CC1CCC(C(F)(F)Oc2cc(F)c(C(=O)Oc3ccc(OC(F)(F)F)c(F)c3)c(F)c2)CC1. The van der Waals surface area contributed by atoms with Gasteiger partial charge in [-0.25, -0.2) is 18.0 Å². The number of benzene rings is 2. The van der Waals surface area contributed by atoms with Crippen molar-refractivity contribution < 1.29 is 54.1 Å². The van der Waals surface area contributed by atoms with Gasteiger partial charge in [0.15, 0.2) is 11.6 Å². The number of hydrogen-bond acceptors (Lipinski definition) is 4. The van der Waals surface area contributed by atoms with Gasteiger partial charge in [-0.05, 0) is 30.9 Å². The summed E-state index contributed by atoms with van der Waals surface area (Å²) in [7, 11) is 0. The molecule has 0 unspecified atom stereocenters. The summed E-state index contributed by atoms with van der Waals surface area (Å²) in [6, 6.07) is 2.27. The predicted octanol–water partition coefficient (Wildman–Crippen LogP) is 7.02. The standard InChI is InChI=1S/C22H18F8O4/c1-11-2-4-12(5-3-11)21(26,27)33-14-9-16(24)19(17(25)10-14)20(31)32-13-6-7-18(15(23)8-13)34-22(28,29)30/h6-12H,2-5H2,1H3. The van der Waals surface area contributed by atoms with Gasteiger partial charge < -0.3 is 14.2 Å². The molecule has 0 bridgehead atoms. The van der Waals surface area contributed by atoms with Crippen LogP contribution in [0.1, 0.15) is 43.0 Å². The molecule has 1 aliphatic carbocycles. The van der Waals surface area contributed by atoms with Crippen LogP contribution in [0.2, 0.25) is 0 Å². The minimum Gasteiger partial charge on any atom is -0.432 e. The molecule has 0 atom stereocenters. The van der Waals surface area contributed by atoms with E-state index < -0.39 is 64.6 Å². The summed E-state index contributed by atoms with van der Waals surface area (Å²) < 4.78 is 120. The van der Waals surface area contributed by atoms with Crippen molar-refractivity contribution in [3.05, 3.63) is 53.3 Å². The minimum atomic E-state index is -5.18. The van der Waals surface area contributed by atoms with Crippen LogP contribution in [0.5, 0.6) is 17.2 Å². The molecular formula is C22H18F8O4. The Kier molecular flexibility index (Phi) is 7.27. The van der Waals surface area contributed by atoms with Crippen molar-refractivity contribution in [1.82, 2.24) is 0 Å². The Morgan fingerprint density at radius 1 is 0.824 bits per heavy atom. The van der Waals surface area contributed by atoms with Gasteiger partial charge >= 0.3 is 18.4 Å². The molecule has 0 radical (unpaired) electrons. The average molecular weight is 498 g/mol. The Morgan fingerprint density at radius 2 is 1.38 bits per heavy atom. The van der Waals surface area contributed by atoms with Crippen LogP contribution in [0.15, 0.2) is 30.3 Å². The quantitative estimate of drug-likeness (QED) is 0.244. The van der Waals surface area contributed by atoms with Gasteiger partial charge in [-0.2, -0.15) is 8.78 Å². The number of esters is 1. The van der Waals surface area contributed by atoms with Crippen LogP contribution in [0.3, 0.4) is 0 Å². The molecule has 186 valence electrons. The van der Waals surface area contributed by atoms with Crippen LogP contribution in [0.4, 0.5) is 35.1 Å². The van der Waals surface area contributed by atoms with Crippen LogP contribution >= 0.6 is 0 Å². The van der Waals surface area contributed by atoms with Crippen molar-refractivity contribution in [3.63, 3.8) is 0 Å². The van der Waals surface area contributed by atoms with Crippen LogP contribution in [0, 0.1) is 29.3 Å². The van der Waals surface area contributed by atoms with Crippen molar-refractivity contribution in [2.24, 2.45) is 11.8 Å². The van der Waals surface area contributed by atoms with Gasteiger partial charge in [-0.3, -0.25) is 0 Å². The molecule has 0 amide bonds. The second kappa shape index (κ2) is 9.67. The smallest absolute Gasteiger partial charge is 0.432 e. The van der Waals surface area contributed by atoms with Gasteiger partial charge in [0.05, 0.1) is 5.92 Å². The lowest BCUT2D eigenvalue weighted by Crippen LogP contribution is -2.37. The molecule has 0 N–H and O–H groups in total. The largest absolute Gasteiger partial charge is 0.573 e. The number of ether oxygens (including phenoxy) is 3. The summed E-state index contributed by atoms with van der Waals surface area (Å²) in [4.78, 5) is 12.1. The normalized spacial score (nSPS) is 19.0. The first kappa shape index (κ1) is 25.6. The van der Waals surface area contributed by atoms with Crippen LogP contribution in [-0.2, 0) is 0 Å². The molecule has 0 aliphatic heterocycles. The zero-order chi connectivity index (χ0) is 25.3. The number of carbonyl (C=O) groups is 1. The summed E-state index contributed by atoms with van der Waals surface area (Å²) >= 11 is 0. The molecule has 0 heterocycles. The Balaban J connectivity index is 1.73. The molecule has 1 saturated carbocycles. The van der Waals surface area contributed by atoms with Gasteiger partial charge in [-0.15, -0.1) is 13.2 Å². The van der Waals surface area contributed by atoms with Crippen LogP contribution < -0.4 is 14.2 Å². The van der Waals surface area contributed by atoms with E-state index in [1.165, 1.54) is 0 Å². The second-order valence-corrected chi connectivity index (χ2v) is 7.91. The maximum absolute atomic E-state index is 14.4. The zero-order valence-corrected chi connectivity index (χ0v) is 17.5.